The maximum atomic E-state index is 12.5. The third-order valence-corrected chi connectivity index (χ3v) is 4.73. The van der Waals surface area contributed by atoms with Crippen LogP contribution in [0.4, 0.5) is 0 Å². The smallest absolute Gasteiger partial charge is 0.235 e. The summed E-state index contributed by atoms with van der Waals surface area (Å²) in [6.45, 7) is 5.24. The topological polar surface area (TPSA) is 23.6 Å². The number of carbonyl (C=O) groups is 1. The van der Waals surface area contributed by atoms with Crippen LogP contribution in [-0.4, -0.2) is 53.7 Å². The minimum absolute atomic E-state index is 0.130. The lowest BCUT2D eigenvalue weighted by Gasteiger charge is -2.29. The zero-order chi connectivity index (χ0) is 15.2. The van der Waals surface area contributed by atoms with Crippen LogP contribution < -0.4 is 0 Å². The zero-order valence-electron chi connectivity index (χ0n) is 13.0. The first-order valence-corrected chi connectivity index (χ1v) is 8.34. The lowest BCUT2D eigenvalue weighted by Crippen LogP contribution is -2.43. The van der Waals surface area contributed by atoms with Gasteiger partial charge in [0.2, 0.25) is 5.91 Å². The number of nitrogens with zero attached hydrogens (tertiary/aromatic N) is 2. The molecule has 0 aliphatic carbocycles. The number of thiol groups is 1. The van der Waals surface area contributed by atoms with Crippen LogP contribution in [0.1, 0.15) is 25.3 Å². The van der Waals surface area contributed by atoms with E-state index in [0.717, 1.165) is 25.2 Å². The predicted octanol–water partition coefficient (Wildman–Crippen LogP) is 2.47. The van der Waals surface area contributed by atoms with Crippen LogP contribution in [0.3, 0.4) is 0 Å². The number of rotatable bonds is 6. The van der Waals surface area contributed by atoms with Crippen LogP contribution >= 0.6 is 12.6 Å². The molecule has 1 aromatic carbocycles. The van der Waals surface area contributed by atoms with Gasteiger partial charge >= 0.3 is 0 Å². The molecule has 2 rings (SSSR count). The van der Waals surface area contributed by atoms with Crippen molar-refractivity contribution in [2.45, 2.75) is 37.5 Å². The molecule has 4 heteroatoms. The fourth-order valence-corrected chi connectivity index (χ4v) is 3.51. The van der Waals surface area contributed by atoms with Crippen molar-refractivity contribution in [2.24, 2.45) is 0 Å². The van der Waals surface area contributed by atoms with Gasteiger partial charge < -0.3 is 4.90 Å². The molecule has 2 atom stereocenters. The second-order valence-corrected chi connectivity index (χ2v) is 6.47. The van der Waals surface area contributed by atoms with E-state index in [0.29, 0.717) is 12.5 Å². The molecule has 0 radical (unpaired) electrons. The van der Waals surface area contributed by atoms with Gasteiger partial charge in [0.15, 0.2) is 0 Å². The summed E-state index contributed by atoms with van der Waals surface area (Å²) in [4.78, 5) is 16.8. The Morgan fingerprint density at radius 1 is 1.43 bits per heavy atom. The summed E-state index contributed by atoms with van der Waals surface area (Å²) in [7, 11) is 1.91. The Morgan fingerprint density at radius 2 is 2.14 bits per heavy atom. The van der Waals surface area contributed by atoms with Crippen LogP contribution in [0.5, 0.6) is 0 Å². The summed E-state index contributed by atoms with van der Waals surface area (Å²) in [6, 6.07) is 10.6. The Morgan fingerprint density at radius 3 is 2.81 bits per heavy atom. The van der Waals surface area contributed by atoms with Crippen LogP contribution in [0.25, 0.3) is 0 Å². The minimum Gasteiger partial charge on any atom is -0.343 e. The lowest BCUT2D eigenvalue weighted by atomic mass is 10.1. The Bertz CT molecular complexity index is 451. The first-order valence-electron chi connectivity index (χ1n) is 7.82. The van der Waals surface area contributed by atoms with Gasteiger partial charge in [-0.2, -0.15) is 12.6 Å². The fraction of sp³-hybridized carbons (Fsp3) is 0.588. The average Bonchev–Trinajstić information content (AvgIpc) is 2.94. The van der Waals surface area contributed by atoms with Gasteiger partial charge in [-0.05, 0) is 37.9 Å². The third-order valence-electron chi connectivity index (χ3n) is 4.32. The Hall–Kier alpha value is -1.00. The molecule has 0 N–H and O–H groups in total. The van der Waals surface area contributed by atoms with Crippen LogP contribution in [0.2, 0.25) is 0 Å². The van der Waals surface area contributed by atoms with Gasteiger partial charge in [-0.15, -0.1) is 0 Å². The van der Waals surface area contributed by atoms with Crippen molar-refractivity contribution in [2.75, 3.05) is 26.7 Å². The molecule has 0 bridgehead atoms. The molecule has 0 saturated carbocycles. The van der Waals surface area contributed by atoms with Crippen molar-refractivity contribution in [3.05, 3.63) is 35.9 Å². The molecule has 2 unspecified atom stereocenters. The van der Waals surface area contributed by atoms with Crippen molar-refractivity contribution in [3.63, 3.8) is 0 Å². The number of carbonyl (C=O) groups excluding carboxylic acids is 1. The molecule has 3 nitrogen and oxygen atoms in total. The van der Waals surface area contributed by atoms with Gasteiger partial charge in [-0.1, -0.05) is 37.3 Å². The van der Waals surface area contributed by atoms with Gasteiger partial charge in [-0.3, -0.25) is 9.69 Å². The second-order valence-electron chi connectivity index (χ2n) is 5.85. The van der Waals surface area contributed by atoms with Gasteiger partial charge in [0.05, 0.1) is 5.25 Å². The molecule has 1 aliphatic rings. The third kappa shape index (κ3) is 4.48. The molecule has 1 aromatic rings. The van der Waals surface area contributed by atoms with E-state index in [4.69, 9.17) is 0 Å². The number of amides is 1. The van der Waals surface area contributed by atoms with E-state index in [1.54, 1.807) is 0 Å². The number of benzene rings is 1. The summed E-state index contributed by atoms with van der Waals surface area (Å²) in [5.74, 6) is 0.130. The Labute approximate surface area is 133 Å². The normalized spacial score (nSPS) is 20.4. The van der Waals surface area contributed by atoms with Crippen molar-refractivity contribution in [1.29, 1.82) is 0 Å². The van der Waals surface area contributed by atoms with E-state index in [-0.39, 0.29) is 11.2 Å². The molecule has 0 aromatic heterocycles. The van der Waals surface area contributed by atoms with E-state index in [2.05, 4.69) is 24.5 Å². The second kappa shape index (κ2) is 7.85. The average molecular weight is 306 g/mol. The minimum atomic E-state index is -0.256. The van der Waals surface area contributed by atoms with Gasteiger partial charge in [0, 0.05) is 19.6 Å². The maximum Gasteiger partial charge on any atom is 0.235 e. The number of likely N-dealkylation sites (tertiary alicyclic amines) is 1. The molecular weight excluding hydrogens is 280 g/mol. The van der Waals surface area contributed by atoms with Gasteiger partial charge in [0.25, 0.3) is 0 Å². The largest absolute Gasteiger partial charge is 0.343 e. The Kier molecular flexibility index (Phi) is 6.12. The number of likely N-dealkylation sites (N-methyl/N-ethyl adjacent to an activating group) is 2. The first-order chi connectivity index (χ1) is 10.1. The first kappa shape index (κ1) is 16.4. The zero-order valence-corrected chi connectivity index (χ0v) is 13.9. The summed E-state index contributed by atoms with van der Waals surface area (Å²) < 4.78 is 0. The molecule has 0 spiro atoms. The number of hydrogen-bond acceptors (Lipinski definition) is 3. The van der Waals surface area contributed by atoms with E-state index in [1.807, 2.05) is 42.3 Å². The highest BCUT2D eigenvalue weighted by Crippen LogP contribution is 2.18. The molecular formula is C17H26N2OS. The molecule has 1 fully saturated rings. The monoisotopic (exact) mass is 306 g/mol. The molecule has 1 heterocycles. The van der Waals surface area contributed by atoms with Crippen molar-refractivity contribution >= 4 is 18.5 Å². The maximum absolute atomic E-state index is 12.5. The summed E-state index contributed by atoms with van der Waals surface area (Å²) in [5.41, 5.74) is 1.16. The molecule has 1 amide bonds. The van der Waals surface area contributed by atoms with Crippen LogP contribution in [-0.2, 0) is 11.2 Å². The molecule has 1 aliphatic heterocycles. The van der Waals surface area contributed by atoms with E-state index < -0.39 is 0 Å². The highest BCUT2D eigenvalue weighted by molar-refractivity contribution is 7.81. The van der Waals surface area contributed by atoms with Crippen LogP contribution in [0.15, 0.2) is 30.3 Å². The predicted molar refractivity (Wildman–Crippen MR) is 90.8 cm³/mol. The lowest BCUT2D eigenvalue weighted by molar-refractivity contribution is -0.129. The summed E-state index contributed by atoms with van der Waals surface area (Å²) in [6.07, 6.45) is 3.13. The number of hydrogen-bond donors (Lipinski definition) is 1. The molecule has 21 heavy (non-hydrogen) atoms. The van der Waals surface area contributed by atoms with Crippen molar-refractivity contribution in [1.82, 2.24) is 9.80 Å². The molecule has 1 saturated heterocycles. The molecule has 116 valence electrons. The fourth-order valence-electron chi connectivity index (χ4n) is 3.10. The van der Waals surface area contributed by atoms with Crippen LogP contribution in [0, 0.1) is 0 Å². The standard InChI is InChI=1S/C17H26N2OS/c1-3-19-11-7-10-15(19)13-18(2)17(20)16(21)12-14-8-5-4-6-9-14/h4-6,8-9,15-16,21H,3,7,10-13H2,1-2H3. The van der Waals surface area contributed by atoms with E-state index in [1.165, 1.54) is 12.8 Å². The quantitative estimate of drug-likeness (QED) is 0.816. The SMILES string of the molecule is CCN1CCCC1CN(C)C(=O)C(S)Cc1ccccc1. The summed E-state index contributed by atoms with van der Waals surface area (Å²) in [5, 5.41) is -0.256. The highest BCUT2D eigenvalue weighted by Gasteiger charge is 2.27. The van der Waals surface area contributed by atoms with Gasteiger partial charge in [0.1, 0.15) is 0 Å². The van der Waals surface area contributed by atoms with Crippen molar-refractivity contribution < 1.29 is 4.79 Å². The van der Waals surface area contributed by atoms with E-state index in [9.17, 15) is 4.79 Å². The summed E-state index contributed by atoms with van der Waals surface area (Å²) >= 11 is 4.51. The van der Waals surface area contributed by atoms with E-state index >= 15 is 0 Å². The van der Waals surface area contributed by atoms with Gasteiger partial charge in [-0.25, -0.2) is 0 Å². The Balaban J connectivity index is 1.86. The van der Waals surface area contributed by atoms with Crippen molar-refractivity contribution in [3.8, 4) is 0 Å². The highest BCUT2D eigenvalue weighted by atomic mass is 32.1.